The van der Waals surface area contributed by atoms with Gasteiger partial charge in [-0.1, -0.05) is 18.2 Å². The summed E-state index contributed by atoms with van der Waals surface area (Å²) < 4.78 is 10.8. The van der Waals surface area contributed by atoms with Gasteiger partial charge in [-0.25, -0.2) is 9.59 Å². The molecule has 0 heterocycles. The molecule has 0 spiro atoms. The highest BCUT2D eigenvalue weighted by Crippen LogP contribution is 2.29. The van der Waals surface area contributed by atoms with Crippen molar-refractivity contribution in [1.29, 1.82) is 0 Å². The van der Waals surface area contributed by atoms with Gasteiger partial charge in [0.1, 0.15) is 11.3 Å². The van der Waals surface area contributed by atoms with Gasteiger partial charge < -0.3 is 20.1 Å². The zero-order chi connectivity index (χ0) is 18.4. The fourth-order valence-electron chi connectivity index (χ4n) is 2.98. The minimum atomic E-state index is -0.495. The van der Waals surface area contributed by atoms with Gasteiger partial charge in [-0.15, -0.1) is 0 Å². The molecule has 0 saturated heterocycles. The van der Waals surface area contributed by atoms with Crippen molar-refractivity contribution >= 4 is 23.4 Å². The third kappa shape index (κ3) is 4.53. The average Bonchev–Trinajstić information content (AvgIpc) is 3.16. The van der Waals surface area contributed by atoms with Crippen molar-refractivity contribution in [3.63, 3.8) is 0 Å². The van der Waals surface area contributed by atoms with Crippen molar-refractivity contribution < 1.29 is 19.1 Å². The largest absolute Gasteiger partial charge is 0.490 e. The molecule has 2 N–H and O–H groups in total. The highest BCUT2D eigenvalue weighted by Gasteiger charge is 2.21. The third-order valence-corrected chi connectivity index (χ3v) is 4.27. The van der Waals surface area contributed by atoms with Crippen molar-refractivity contribution in [2.75, 3.05) is 17.7 Å². The molecule has 3 rings (SSSR count). The summed E-state index contributed by atoms with van der Waals surface area (Å²) in [7, 11) is 1.32. The van der Waals surface area contributed by atoms with E-state index in [-0.39, 0.29) is 6.10 Å². The fraction of sp³-hybridized carbons (Fsp3) is 0.300. The molecule has 0 unspecified atom stereocenters. The molecule has 1 saturated carbocycles. The zero-order valence-electron chi connectivity index (χ0n) is 14.7. The molecule has 136 valence electrons. The van der Waals surface area contributed by atoms with Crippen LogP contribution in [0.1, 0.15) is 36.0 Å². The van der Waals surface area contributed by atoms with E-state index in [4.69, 9.17) is 9.47 Å². The van der Waals surface area contributed by atoms with Crippen molar-refractivity contribution in [1.82, 2.24) is 0 Å². The van der Waals surface area contributed by atoms with Gasteiger partial charge in [-0.3, -0.25) is 0 Å². The summed E-state index contributed by atoms with van der Waals surface area (Å²) >= 11 is 0. The number of esters is 1. The number of hydrogen-bond donors (Lipinski definition) is 2. The van der Waals surface area contributed by atoms with Gasteiger partial charge in [0, 0.05) is 11.4 Å². The number of para-hydroxylation sites is 1. The van der Waals surface area contributed by atoms with Crippen LogP contribution in [0.4, 0.5) is 16.2 Å². The summed E-state index contributed by atoms with van der Waals surface area (Å²) in [4.78, 5) is 24.2. The lowest BCUT2D eigenvalue weighted by molar-refractivity contribution is 0.0593. The quantitative estimate of drug-likeness (QED) is 0.778. The van der Waals surface area contributed by atoms with E-state index in [1.165, 1.54) is 7.11 Å². The van der Waals surface area contributed by atoms with Crippen molar-refractivity contribution in [3.8, 4) is 5.75 Å². The molecule has 6 nitrogen and oxygen atoms in total. The van der Waals surface area contributed by atoms with E-state index in [9.17, 15) is 9.59 Å². The molecule has 1 aliphatic carbocycles. The Bertz CT molecular complexity index is 771. The van der Waals surface area contributed by atoms with Crippen LogP contribution in [0.15, 0.2) is 48.5 Å². The van der Waals surface area contributed by atoms with Crippen LogP contribution in [0.3, 0.4) is 0 Å². The van der Waals surface area contributed by atoms with E-state index in [0.717, 1.165) is 25.7 Å². The molecule has 0 radical (unpaired) electrons. The van der Waals surface area contributed by atoms with Gasteiger partial charge in [0.25, 0.3) is 0 Å². The Labute approximate surface area is 152 Å². The summed E-state index contributed by atoms with van der Waals surface area (Å²) in [6.45, 7) is 0. The Morgan fingerprint density at radius 1 is 0.962 bits per heavy atom. The number of hydrogen-bond acceptors (Lipinski definition) is 4. The SMILES string of the molecule is COC(=O)c1cc(NC(=O)Nc2ccccc2)ccc1OC1CCCC1. The second kappa shape index (κ2) is 8.38. The number of carbonyl (C=O) groups excluding carboxylic acids is 2. The Kier molecular flexibility index (Phi) is 5.73. The topological polar surface area (TPSA) is 76.7 Å². The lowest BCUT2D eigenvalue weighted by atomic mass is 10.1. The van der Waals surface area contributed by atoms with Crippen LogP contribution >= 0.6 is 0 Å². The highest BCUT2D eigenvalue weighted by molar-refractivity contribution is 6.01. The molecular weight excluding hydrogens is 332 g/mol. The standard InChI is InChI=1S/C20H22N2O4/c1-25-19(23)17-13-15(11-12-18(17)26-16-9-5-6-10-16)22-20(24)21-14-7-3-2-4-8-14/h2-4,7-8,11-13,16H,5-6,9-10H2,1H3,(H2,21,22,24). The first-order chi connectivity index (χ1) is 12.7. The van der Waals surface area contributed by atoms with Crippen LogP contribution < -0.4 is 15.4 Å². The molecule has 26 heavy (non-hydrogen) atoms. The summed E-state index contributed by atoms with van der Waals surface area (Å²) in [6.07, 6.45) is 4.37. The lowest BCUT2D eigenvalue weighted by Gasteiger charge is -2.17. The number of amides is 2. The smallest absolute Gasteiger partial charge is 0.341 e. The summed E-state index contributed by atoms with van der Waals surface area (Å²) in [5, 5.41) is 5.45. The number of nitrogens with one attached hydrogen (secondary N) is 2. The molecule has 2 aromatic rings. The van der Waals surface area contributed by atoms with E-state index < -0.39 is 12.0 Å². The van der Waals surface area contributed by atoms with Crippen LogP contribution in [0, 0.1) is 0 Å². The highest BCUT2D eigenvalue weighted by atomic mass is 16.5. The third-order valence-electron chi connectivity index (χ3n) is 4.27. The van der Waals surface area contributed by atoms with Crippen molar-refractivity contribution in [2.24, 2.45) is 0 Å². The maximum atomic E-state index is 12.1. The fourth-order valence-corrected chi connectivity index (χ4v) is 2.98. The normalized spacial score (nSPS) is 13.9. The molecule has 1 aliphatic rings. The van der Waals surface area contributed by atoms with Gasteiger partial charge in [0.05, 0.1) is 13.2 Å². The summed E-state index contributed by atoms with van der Waals surface area (Å²) in [6, 6.07) is 13.7. The molecule has 0 atom stereocenters. The van der Waals surface area contributed by atoms with Gasteiger partial charge in [0.15, 0.2) is 0 Å². The van der Waals surface area contributed by atoms with Gasteiger partial charge in [-0.05, 0) is 56.0 Å². The molecule has 2 amide bonds. The van der Waals surface area contributed by atoms with Gasteiger partial charge in [-0.2, -0.15) is 0 Å². The number of benzene rings is 2. The monoisotopic (exact) mass is 354 g/mol. The maximum Gasteiger partial charge on any atom is 0.341 e. The first kappa shape index (κ1) is 17.8. The van der Waals surface area contributed by atoms with E-state index >= 15 is 0 Å². The number of anilines is 2. The van der Waals surface area contributed by atoms with E-state index in [1.54, 1.807) is 30.3 Å². The minimum Gasteiger partial charge on any atom is -0.490 e. The van der Waals surface area contributed by atoms with Gasteiger partial charge in [0.2, 0.25) is 0 Å². The van der Waals surface area contributed by atoms with Crippen molar-refractivity contribution in [2.45, 2.75) is 31.8 Å². The average molecular weight is 354 g/mol. The predicted molar refractivity (Wildman–Crippen MR) is 99.7 cm³/mol. The molecule has 0 aromatic heterocycles. The van der Waals surface area contributed by atoms with Gasteiger partial charge >= 0.3 is 12.0 Å². The number of urea groups is 1. The van der Waals surface area contributed by atoms with E-state index in [1.807, 2.05) is 18.2 Å². The van der Waals surface area contributed by atoms with Crippen LogP contribution in [-0.2, 0) is 4.74 Å². The molecule has 6 heteroatoms. The molecule has 2 aromatic carbocycles. The molecular formula is C20H22N2O4. The number of methoxy groups -OCH3 is 1. The number of rotatable bonds is 5. The number of ether oxygens (including phenoxy) is 2. The molecule has 1 fully saturated rings. The summed E-state index contributed by atoms with van der Waals surface area (Å²) in [5.74, 6) is -0.0112. The second-order valence-electron chi connectivity index (χ2n) is 6.17. The zero-order valence-corrected chi connectivity index (χ0v) is 14.7. The molecule has 0 bridgehead atoms. The lowest BCUT2D eigenvalue weighted by Crippen LogP contribution is -2.20. The van der Waals surface area contributed by atoms with Crippen molar-refractivity contribution in [3.05, 3.63) is 54.1 Å². The predicted octanol–water partition coefficient (Wildman–Crippen LogP) is 4.44. The Balaban J connectivity index is 1.73. The Hall–Kier alpha value is -3.02. The first-order valence-electron chi connectivity index (χ1n) is 8.68. The van der Waals surface area contributed by atoms with Crippen LogP contribution in [-0.4, -0.2) is 25.2 Å². The summed E-state index contributed by atoms with van der Waals surface area (Å²) in [5.41, 5.74) is 1.47. The Morgan fingerprint density at radius 2 is 1.65 bits per heavy atom. The Morgan fingerprint density at radius 3 is 2.35 bits per heavy atom. The maximum absolute atomic E-state index is 12.1. The van der Waals surface area contributed by atoms with Crippen LogP contribution in [0.5, 0.6) is 5.75 Å². The van der Waals surface area contributed by atoms with Crippen LogP contribution in [0.2, 0.25) is 0 Å². The minimum absolute atomic E-state index is 0.124. The number of carbonyl (C=O) groups is 2. The van der Waals surface area contributed by atoms with E-state index in [0.29, 0.717) is 22.7 Å². The van der Waals surface area contributed by atoms with E-state index in [2.05, 4.69) is 10.6 Å². The second-order valence-corrected chi connectivity index (χ2v) is 6.17. The molecule has 0 aliphatic heterocycles. The first-order valence-corrected chi connectivity index (χ1v) is 8.68. The van der Waals surface area contributed by atoms with Crippen LogP contribution in [0.25, 0.3) is 0 Å².